The Kier molecular flexibility index (Phi) is 4.65. The number of furan rings is 1. The summed E-state index contributed by atoms with van der Waals surface area (Å²) in [6.07, 6.45) is -1.68. The van der Waals surface area contributed by atoms with Crippen molar-refractivity contribution in [2.75, 3.05) is 12.0 Å². The highest BCUT2D eigenvalue weighted by molar-refractivity contribution is 6.23. The Morgan fingerprint density at radius 2 is 1.85 bits per heavy atom. The van der Waals surface area contributed by atoms with Gasteiger partial charge < -0.3 is 9.15 Å². The van der Waals surface area contributed by atoms with Crippen LogP contribution < -0.4 is 4.90 Å². The number of rotatable bonds is 3. The number of esters is 1. The lowest BCUT2D eigenvalue weighted by Gasteiger charge is -2.18. The first-order valence-corrected chi connectivity index (χ1v) is 7.80. The molecule has 0 aliphatic carbocycles. The summed E-state index contributed by atoms with van der Waals surface area (Å²) in [6, 6.07) is 7.33. The number of carbonyl (C=O) groups is 2. The fourth-order valence-corrected chi connectivity index (χ4v) is 2.81. The lowest BCUT2D eigenvalue weighted by atomic mass is 10.1. The van der Waals surface area contributed by atoms with Gasteiger partial charge in [-0.15, -0.1) is 0 Å². The minimum absolute atomic E-state index is 0.0267. The molecule has 1 amide bonds. The molecule has 140 valence electrons. The second-order valence-corrected chi connectivity index (χ2v) is 5.71. The SMILES string of the molecule is COC(=O)C1=C(C)N(c2ccc(C(F)(F)F)cc2)C(=O)/C1=C\c1ccco1. The van der Waals surface area contributed by atoms with E-state index in [1.54, 1.807) is 12.1 Å². The first-order valence-electron chi connectivity index (χ1n) is 7.80. The number of methoxy groups -OCH3 is 1. The molecule has 0 radical (unpaired) electrons. The Bertz CT molecular complexity index is 938. The van der Waals surface area contributed by atoms with Gasteiger partial charge in [-0.25, -0.2) is 4.79 Å². The van der Waals surface area contributed by atoms with E-state index in [0.717, 1.165) is 12.1 Å². The summed E-state index contributed by atoms with van der Waals surface area (Å²) in [4.78, 5) is 26.3. The van der Waals surface area contributed by atoms with Crippen LogP contribution in [0.2, 0.25) is 0 Å². The topological polar surface area (TPSA) is 59.8 Å². The molecule has 0 unspecified atom stereocenters. The van der Waals surface area contributed by atoms with E-state index in [4.69, 9.17) is 9.15 Å². The van der Waals surface area contributed by atoms with E-state index >= 15 is 0 Å². The minimum atomic E-state index is -4.49. The van der Waals surface area contributed by atoms with E-state index in [1.807, 2.05) is 0 Å². The van der Waals surface area contributed by atoms with Crippen molar-refractivity contribution in [3.05, 3.63) is 70.8 Å². The smallest absolute Gasteiger partial charge is 0.416 e. The van der Waals surface area contributed by atoms with Crippen LogP contribution in [-0.4, -0.2) is 19.0 Å². The number of nitrogens with zero attached hydrogens (tertiary/aromatic N) is 1. The van der Waals surface area contributed by atoms with Crippen LogP contribution in [0.1, 0.15) is 18.2 Å². The molecule has 1 aliphatic heterocycles. The van der Waals surface area contributed by atoms with Crippen molar-refractivity contribution in [1.82, 2.24) is 0 Å². The van der Waals surface area contributed by atoms with Gasteiger partial charge in [0.05, 0.1) is 30.1 Å². The Labute approximate surface area is 152 Å². The maximum atomic E-state index is 12.9. The molecule has 5 nitrogen and oxygen atoms in total. The van der Waals surface area contributed by atoms with Crippen molar-refractivity contribution in [2.45, 2.75) is 13.1 Å². The van der Waals surface area contributed by atoms with Gasteiger partial charge in [0.1, 0.15) is 5.76 Å². The van der Waals surface area contributed by atoms with Crippen molar-refractivity contribution in [3.8, 4) is 0 Å². The molecular weight excluding hydrogens is 363 g/mol. The van der Waals surface area contributed by atoms with Crippen LogP contribution in [-0.2, 0) is 20.5 Å². The summed E-state index contributed by atoms with van der Waals surface area (Å²) in [6.45, 7) is 1.52. The summed E-state index contributed by atoms with van der Waals surface area (Å²) in [7, 11) is 1.18. The molecular formula is C19H14F3NO4. The quantitative estimate of drug-likeness (QED) is 0.595. The fourth-order valence-electron chi connectivity index (χ4n) is 2.81. The highest BCUT2D eigenvalue weighted by Crippen LogP contribution is 2.37. The molecule has 2 aromatic rings. The molecule has 0 atom stereocenters. The third-order valence-electron chi connectivity index (χ3n) is 4.07. The zero-order valence-electron chi connectivity index (χ0n) is 14.3. The lowest BCUT2D eigenvalue weighted by Crippen LogP contribution is -2.24. The first-order chi connectivity index (χ1) is 12.7. The summed E-state index contributed by atoms with van der Waals surface area (Å²) in [5.74, 6) is -0.945. The van der Waals surface area contributed by atoms with Crippen LogP contribution in [0.5, 0.6) is 0 Å². The van der Waals surface area contributed by atoms with Crippen LogP contribution in [0.4, 0.5) is 18.9 Å². The van der Waals surface area contributed by atoms with Crippen LogP contribution in [0.15, 0.2) is 63.9 Å². The summed E-state index contributed by atoms with van der Waals surface area (Å²) in [5, 5.41) is 0. The predicted molar refractivity (Wildman–Crippen MR) is 90.3 cm³/mol. The standard InChI is InChI=1S/C19H14F3NO4/c1-11-16(18(25)26-2)15(10-14-4-3-9-27-14)17(24)23(11)13-7-5-12(6-8-13)19(20,21)22/h3-10H,1-2H3/b15-10-. The van der Waals surface area contributed by atoms with Crippen molar-refractivity contribution in [2.24, 2.45) is 0 Å². The van der Waals surface area contributed by atoms with Crippen LogP contribution in [0.3, 0.4) is 0 Å². The third kappa shape index (κ3) is 3.38. The highest BCUT2D eigenvalue weighted by atomic mass is 19.4. The van der Waals surface area contributed by atoms with Crippen LogP contribution in [0, 0.1) is 0 Å². The van der Waals surface area contributed by atoms with Gasteiger partial charge >= 0.3 is 12.1 Å². The van der Waals surface area contributed by atoms with Gasteiger partial charge in [0, 0.05) is 11.4 Å². The Balaban J connectivity index is 2.07. The monoisotopic (exact) mass is 377 g/mol. The van der Waals surface area contributed by atoms with Crippen molar-refractivity contribution < 1.29 is 31.9 Å². The second kappa shape index (κ2) is 6.79. The number of anilines is 1. The fraction of sp³-hybridized carbons (Fsp3) is 0.158. The number of halogens is 3. The normalized spacial score (nSPS) is 16.4. The minimum Gasteiger partial charge on any atom is -0.465 e. The van der Waals surface area contributed by atoms with Gasteiger partial charge in [-0.3, -0.25) is 9.69 Å². The predicted octanol–water partition coefficient (Wildman–Crippen LogP) is 4.18. The molecule has 27 heavy (non-hydrogen) atoms. The van der Waals surface area contributed by atoms with E-state index in [2.05, 4.69) is 0 Å². The molecule has 0 bridgehead atoms. The van der Waals surface area contributed by atoms with Crippen LogP contribution >= 0.6 is 0 Å². The highest BCUT2D eigenvalue weighted by Gasteiger charge is 2.38. The van der Waals surface area contributed by atoms with Gasteiger partial charge in [0.25, 0.3) is 5.91 Å². The van der Waals surface area contributed by atoms with Gasteiger partial charge in [0.2, 0.25) is 0 Å². The largest absolute Gasteiger partial charge is 0.465 e. The maximum Gasteiger partial charge on any atom is 0.416 e. The number of benzene rings is 1. The molecule has 1 aromatic carbocycles. The molecule has 0 N–H and O–H groups in total. The number of hydrogen-bond donors (Lipinski definition) is 0. The zero-order valence-corrected chi connectivity index (χ0v) is 14.3. The van der Waals surface area contributed by atoms with E-state index < -0.39 is 23.6 Å². The number of hydrogen-bond acceptors (Lipinski definition) is 4. The molecule has 1 aromatic heterocycles. The van der Waals surface area contributed by atoms with E-state index in [-0.39, 0.29) is 22.5 Å². The number of allylic oxidation sites excluding steroid dienone is 1. The van der Waals surface area contributed by atoms with Crippen molar-refractivity contribution in [3.63, 3.8) is 0 Å². The number of ether oxygens (including phenoxy) is 1. The molecule has 0 saturated carbocycles. The van der Waals surface area contributed by atoms with Gasteiger partial charge in [-0.2, -0.15) is 13.2 Å². The van der Waals surface area contributed by atoms with Gasteiger partial charge in [0.15, 0.2) is 0 Å². The molecule has 0 saturated heterocycles. The lowest BCUT2D eigenvalue weighted by molar-refractivity contribution is -0.137. The number of carbonyl (C=O) groups excluding carboxylic acids is 2. The first kappa shape index (κ1) is 18.5. The van der Waals surface area contributed by atoms with E-state index in [0.29, 0.717) is 5.76 Å². The third-order valence-corrected chi connectivity index (χ3v) is 4.07. The van der Waals surface area contributed by atoms with E-state index in [9.17, 15) is 22.8 Å². The molecule has 1 aliphatic rings. The maximum absolute atomic E-state index is 12.9. The van der Waals surface area contributed by atoms with Crippen molar-refractivity contribution >= 4 is 23.6 Å². The summed E-state index contributed by atoms with van der Waals surface area (Å²) >= 11 is 0. The molecule has 0 spiro atoms. The van der Waals surface area contributed by atoms with Crippen LogP contribution in [0.25, 0.3) is 6.08 Å². The van der Waals surface area contributed by atoms with Gasteiger partial charge in [-0.1, -0.05) is 0 Å². The Morgan fingerprint density at radius 1 is 1.19 bits per heavy atom. The molecule has 0 fully saturated rings. The molecule has 8 heteroatoms. The summed E-state index contributed by atoms with van der Waals surface area (Å²) < 4.78 is 48.2. The summed E-state index contributed by atoms with van der Waals surface area (Å²) in [5.41, 5.74) is -0.314. The van der Waals surface area contributed by atoms with E-state index in [1.165, 1.54) is 43.4 Å². The number of alkyl halides is 3. The number of amides is 1. The molecule has 2 heterocycles. The second-order valence-electron chi connectivity index (χ2n) is 5.71. The Morgan fingerprint density at radius 3 is 2.37 bits per heavy atom. The average molecular weight is 377 g/mol. The van der Waals surface area contributed by atoms with Crippen molar-refractivity contribution in [1.29, 1.82) is 0 Å². The van der Waals surface area contributed by atoms with Gasteiger partial charge in [-0.05, 0) is 49.4 Å². The molecule has 3 rings (SSSR count). The zero-order chi connectivity index (χ0) is 19.8. The average Bonchev–Trinajstić information content (AvgIpc) is 3.21. The Hall–Kier alpha value is -3.29.